The lowest BCUT2D eigenvalue weighted by Crippen LogP contribution is -2.48. The maximum Gasteiger partial charge on any atom is 0.251 e. The van der Waals surface area contributed by atoms with Crippen molar-refractivity contribution >= 4 is 23.8 Å². The Bertz CT molecular complexity index is 1040. The van der Waals surface area contributed by atoms with Gasteiger partial charge in [-0.3, -0.25) is 14.3 Å². The van der Waals surface area contributed by atoms with Gasteiger partial charge in [0.15, 0.2) is 4.77 Å². The van der Waals surface area contributed by atoms with Gasteiger partial charge in [-0.25, -0.2) is 4.39 Å². The highest BCUT2D eigenvalue weighted by molar-refractivity contribution is 7.71. The second-order valence-corrected chi connectivity index (χ2v) is 7.63. The van der Waals surface area contributed by atoms with Crippen LogP contribution in [0.1, 0.15) is 10.4 Å². The minimum Gasteiger partial charge on any atom is -0.369 e. The molecule has 4 rings (SSSR count). The molecule has 8 heteroatoms. The van der Waals surface area contributed by atoms with E-state index < -0.39 is 0 Å². The second kappa shape index (κ2) is 9.23. The number of benzene rings is 2. The SMILES string of the molecule is O=C(NCCN1CCN(c2ccc(F)cc2)CC1)c1ccc(-n2cc[nH]c2=S)cc1. The lowest BCUT2D eigenvalue weighted by atomic mass is 10.2. The summed E-state index contributed by atoms with van der Waals surface area (Å²) in [7, 11) is 0. The van der Waals surface area contributed by atoms with Crippen LogP contribution >= 0.6 is 12.2 Å². The number of halogens is 1. The number of rotatable bonds is 6. The zero-order valence-electron chi connectivity index (χ0n) is 16.6. The molecule has 6 nitrogen and oxygen atoms in total. The fourth-order valence-corrected chi connectivity index (χ4v) is 3.84. The van der Waals surface area contributed by atoms with Crippen LogP contribution in [-0.4, -0.2) is 59.6 Å². The van der Waals surface area contributed by atoms with Crippen molar-refractivity contribution < 1.29 is 9.18 Å². The molecule has 0 atom stereocenters. The highest BCUT2D eigenvalue weighted by Crippen LogP contribution is 2.16. The zero-order chi connectivity index (χ0) is 20.9. The Morgan fingerprint density at radius 1 is 1.00 bits per heavy atom. The molecule has 3 aromatic rings. The van der Waals surface area contributed by atoms with E-state index in [1.807, 2.05) is 35.0 Å². The Morgan fingerprint density at radius 3 is 2.30 bits per heavy atom. The first-order valence-corrected chi connectivity index (χ1v) is 10.4. The molecule has 0 unspecified atom stereocenters. The number of carbonyl (C=O) groups excluding carboxylic acids is 1. The second-order valence-electron chi connectivity index (χ2n) is 7.24. The third-order valence-electron chi connectivity index (χ3n) is 5.33. The Kier molecular flexibility index (Phi) is 6.25. The van der Waals surface area contributed by atoms with Crippen LogP contribution < -0.4 is 10.2 Å². The van der Waals surface area contributed by atoms with Crippen LogP contribution in [0.3, 0.4) is 0 Å². The smallest absolute Gasteiger partial charge is 0.251 e. The third-order valence-corrected chi connectivity index (χ3v) is 5.65. The zero-order valence-corrected chi connectivity index (χ0v) is 17.4. The van der Waals surface area contributed by atoms with E-state index >= 15 is 0 Å². The lowest BCUT2D eigenvalue weighted by molar-refractivity contribution is 0.0948. The average Bonchev–Trinajstić information content (AvgIpc) is 3.21. The van der Waals surface area contributed by atoms with Gasteiger partial charge in [0, 0.05) is 68.6 Å². The molecule has 2 heterocycles. The van der Waals surface area contributed by atoms with Crippen molar-refractivity contribution in [3.8, 4) is 5.69 Å². The molecule has 1 aliphatic heterocycles. The molecule has 0 bridgehead atoms. The van der Waals surface area contributed by atoms with Gasteiger partial charge in [0.2, 0.25) is 0 Å². The van der Waals surface area contributed by atoms with E-state index in [-0.39, 0.29) is 11.7 Å². The van der Waals surface area contributed by atoms with E-state index in [2.05, 4.69) is 20.1 Å². The number of imidazole rings is 1. The number of H-pyrrole nitrogens is 1. The molecule has 156 valence electrons. The molecular formula is C22H24FN5OS. The van der Waals surface area contributed by atoms with Gasteiger partial charge in [-0.05, 0) is 60.7 Å². The summed E-state index contributed by atoms with van der Waals surface area (Å²) >= 11 is 5.22. The van der Waals surface area contributed by atoms with Crippen molar-refractivity contribution in [1.29, 1.82) is 0 Å². The Hall–Kier alpha value is -2.97. The maximum absolute atomic E-state index is 13.1. The van der Waals surface area contributed by atoms with Crippen LogP contribution in [-0.2, 0) is 0 Å². The number of amides is 1. The predicted molar refractivity (Wildman–Crippen MR) is 118 cm³/mol. The van der Waals surface area contributed by atoms with E-state index in [0.29, 0.717) is 16.9 Å². The Balaban J connectivity index is 1.22. The molecule has 1 aromatic heterocycles. The normalized spacial score (nSPS) is 14.6. The van der Waals surface area contributed by atoms with E-state index in [1.165, 1.54) is 12.1 Å². The summed E-state index contributed by atoms with van der Waals surface area (Å²) in [6.07, 6.45) is 3.63. The summed E-state index contributed by atoms with van der Waals surface area (Å²) in [6.45, 7) is 5.02. The van der Waals surface area contributed by atoms with Crippen LogP contribution in [0.5, 0.6) is 0 Å². The van der Waals surface area contributed by atoms with Crippen LogP contribution in [0.2, 0.25) is 0 Å². The first-order chi connectivity index (χ1) is 14.6. The summed E-state index contributed by atoms with van der Waals surface area (Å²) in [5, 5.41) is 2.99. The molecule has 2 N–H and O–H groups in total. The number of aromatic amines is 1. The number of aromatic nitrogens is 2. The third kappa shape index (κ3) is 4.77. The van der Waals surface area contributed by atoms with Gasteiger partial charge in [-0.2, -0.15) is 0 Å². The summed E-state index contributed by atoms with van der Waals surface area (Å²) in [6, 6.07) is 14.0. The van der Waals surface area contributed by atoms with E-state index in [9.17, 15) is 9.18 Å². The van der Waals surface area contributed by atoms with Crippen molar-refractivity contribution in [3.63, 3.8) is 0 Å². The van der Waals surface area contributed by atoms with E-state index in [1.54, 1.807) is 18.3 Å². The van der Waals surface area contributed by atoms with Gasteiger partial charge in [0.05, 0.1) is 0 Å². The molecule has 30 heavy (non-hydrogen) atoms. The quantitative estimate of drug-likeness (QED) is 0.596. The number of hydrogen-bond acceptors (Lipinski definition) is 4. The van der Waals surface area contributed by atoms with Gasteiger partial charge in [-0.1, -0.05) is 0 Å². The van der Waals surface area contributed by atoms with Gasteiger partial charge in [0.1, 0.15) is 5.82 Å². The topological polar surface area (TPSA) is 56.3 Å². The Labute approximate surface area is 179 Å². The first kappa shape index (κ1) is 20.3. The fourth-order valence-electron chi connectivity index (χ4n) is 3.61. The van der Waals surface area contributed by atoms with Crippen LogP contribution in [0.15, 0.2) is 60.9 Å². The molecule has 0 spiro atoms. The largest absolute Gasteiger partial charge is 0.369 e. The molecule has 2 aromatic carbocycles. The van der Waals surface area contributed by atoms with E-state index in [0.717, 1.165) is 44.1 Å². The number of anilines is 1. The first-order valence-electron chi connectivity index (χ1n) is 9.98. The molecular weight excluding hydrogens is 401 g/mol. The number of piperazine rings is 1. The molecule has 1 fully saturated rings. The average molecular weight is 426 g/mol. The van der Waals surface area contributed by atoms with Crippen molar-refractivity contribution in [2.45, 2.75) is 0 Å². The van der Waals surface area contributed by atoms with Crippen molar-refractivity contribution in [3.05, 3.63) is 77.1 Å². The molecule has 1 saturated heterocycles. The summed E-state index contributed by atoms with van der Waals surface area (Å²) in [5.74, 6) is -0.291. The van der Waals surface area contributed by atoms with Crippen molar-refractivity contribution in [2.75, 3.05) is 44.2 Å². The molecule has 0 saturated carbocycles. The molecule has 0 radical (unpaired) electrons. The summed E-state index contributed by atoms with van der Waals surface area (Å²) in [5.41, 5.74) is 2.59. The number of carbonyl (C=O) groups is 1. The highest BCUT2D eigenvalue weighted by atomic mass is 32.1. The standard InChI is InChI=1S/C22H24FN5OS/c23-18-3-7-19(8-4-18)27-15-13-26(14-16-27)11-9-24-21(29)17-1-5-20(6-2-17)28-12-10-25-22(28)30/h1-8,10,12H,9,11,13-16H2,(H,24,29)(H,25,30). The van der Waals surface area contributed by atoms with Crippen LogP contribution in [0.4, 0.5) is 10.1 Å². The minimum atomic E-state index is -0.212. The number of nitrogens with one attached hydrogen (secondary N) is 2. The van der Waals surface area contributed by atoms with Gasteiger partial charge in [-0.15, -0.1) is 0 Å². The monoisotopic (exact) mass is 425 g/mol. The summed E-state index contributed by atoms with van der Waals surface area (Å²) < 4.78 is 15.5. The fraction of sp³-hybridized carbons (Fsp3) is 0.273. The van der Waals surface area contributed by atoms with Gasteiger partial charge < -0.3 is 15.2 Å². The number of hydrogen-bond donors (Lipinski definition) is 2. The van der Waals surface area contributed by atoms with Crippen LogP contribution in [0.25, 0.3) is 5.69 Å². The van der Waals surface area contributed by atoms with E-state index in [4.69, 9.17) is 12.2 Å². The molecule has 1 amide bonds. The van der Waals surface area contributed by atoms with Gasteiger partial charge in [0.25, 0.3) is 5.91 Å². The lowest BCUT2D eigenvalue weighted by Gasteiger charge is -2.36. The minimum absolute atomic E-state index is 0.0795. The molecule has 1 aliphatic rings. The number of nitrogens with zero attached hydrogens (tertiary/aromatic N) is 3. The van der Waals surface area contributed by atoms with Crippen LogP contribution in [0, 0.1) is 10.6 Å². The van der Waals surface area contributed by atoms with Gasteiger partial charge >= 0.3 is 0 Å². The Morgan fingerprint density at radius 2 is 1.67 bits per heavy atom. The maximum atomic E-state index is 13.1. The summed E-state index contributed by atoms with van der Waals surface area (Å²) in [4.78, 5) is 20.0. The van der Waals surface area contributed by atoms with Crippen molar-refractivity contribution in [1.82, 2.24) is 19.8 Å². The van der Waals surface area contributed by atoms with Crippen molar-refractivity contribution in [2.24, 2.45) is 0 Å². The predicted octanol–water partition coefficient (Wildman–Crippen LogP) is 3.23. The highest BCUT2D eigenvalue weighted by Gasteiger charge is 2.17. The molecule has 0 aliphatic carbocycles.